The van der Waals surface area contributed by atoms with Crippen molar-refractivity contribution in [3.05, 3.63) is 101 Å². The lowest BCUT2D eigenvalue weighted by molar-refractivity contribution is -0.163. The van der Waals surface area contributed by atoms with Gasteiger partial charge in [0.2, 0.25) is 0 Å². The van der Waals surface area contributed by atoms with Crippen molar-refractivity contribution >= 4 is 46.5 Å². The van der Waals surface area contributed by atoms with Crippen LogP contribution in [0.1, 0.15) is 61.5 Å². The molecule has 0 saturated heterocycles. The van der Waals surface area contributed by atoms with Crippen molar-refractivity contribution in [3.8, 4) is 0 Å². The van der Waals surface area contributed by atoms with E-state index in [9.17, 15) is 23.2 Å². The molecule has 7 nitrogen and oxygen atoms in total. The van der Waals surface area contributed by atoms with Crippen LogP contribution in [0, 0.1) is 11.3 Å². The number of carboxylic acids is 1. The zero-order valence-corrected chi connectivity index (χ0v) is 25.6. The summed E-state index contributed by atoms with van der Waals surface area (Å²) in [5.41, 5.74) is 4.58. The summed E-state index contributed by atoms with van der Waals surface area (Å²) in [5.74, 6) is -6.60. The van der Waals surface area contributed by atoms with Crippen LogP contribution in [0.25, 0.3) is 5.57 Å². The smallest absolute Gasteiger partial charge is 0.376 e. The number of carboxylic acid groups (broad SMARTS) is 1. The third-order valence-electron chi connectivity index (χ3n) is 7.85. The Kier molecular flexibility index (Phi) is 10.1. The molecule has 1 aliphatic rings. The fourth-order valence-electron chi connectivity index (χ4n) is 5.09. The minimum absolute atomic E-state index is 0.0728. The molecule has 3 N–H and O–H groups in total. The number of hydrogen-bond acceptors (Lipinski definition) is 3. The number of alkyl halides is 2. The highest BCUT2D eigenvalue weighted by Gasteiger charge is 2.39. The Morgan fingerprint density at radius 2 is 1.68 bits per heavy atom. The SMILES string of the molecule is CC(C)(C)C1CC=C(c2ccc(N(Cc3ccc(C(=O)NCC(F)(F)C(=O)O)cc3)C(=O)Nc3cccc(Cl)c3)cc2)CC1. The molecule has 4 rings (SSSR count). The van der Waals surface area contributed by atoms with Gasteiger partial charge in [0.25, 0.3) is 5.91 Å². The maximum Gasteiger partial charge on any atom is 0.376 e. The number of benzene rings is 3. The largest absolute Gasteiger partial charge is 0.477 e. The second kappa shape index (κ2) is 13.6. The highest BCUT2D eigenvalue weighted by Crippen LogP contribution is 2.40. The molecule has 3 amide bonds. The summed E-state index contributed by atoms with van der Waals surface area (Å²) < 4.78 is 26.7. The fourth-order valence-corrected chi connectivity index (χ4v) is 5.28. The van der Waals surface area contributed by atoms with Crippen LogP contribution in [0.15, 0.2) is 78.9 Å². The average molecular weight is 624 g/mol. The topological polar surface area (TPSA) is 98.7 Å². The molecule has 0 fully saturated rings. The van der Waals surface area contributed by atoms with Gasteiger partial charge in [-0.15, -0.1) is 0 Å². The minimum Gasteiger partial charge on any atom is -0.477 e. The van der Waals surface area contributed by atoms with Crippen LogP contribution in [-0.4, -0.2) is 35.5 Å². The Morgan fingerprint density at radius 1 is 1.00 bits per heavy atom. The molecule has 0 aromatic heterocycles. The summed E-state index contributed by atoms with van der Waals surface area (Å²) in [5, 5.41) is 13.9. The van der Waals surface area contributed by atoms with Crippen LogP contribution in [0.2, 0.25) is 5.02 Å². The third kappa shape index (κ3) is 8.44. The molecule has 232 valence electrons. The van der Waals surface area contributed by atoms with E-state index in [-0.39, 0.29) is 17.5 Å². The third-order valence-corrected chi connectivity index (χ3v) is 8.08. The Balaban J connectivity index is 1.52. The summed E-state index contributed by atoms with van der Waals surface area (Å²) in [6.45, 7) is 5.64. The number of carbonyl (C=O) groups is 3. The van der Waals surface area contributed by atoms with Crippen molar-refractivity contribution in [2.75, 3.05) is 16.8 Å². The molecule has 1 unspecified atom stereocenters. The van der Waals surface area contributed by atoms with E-state index >= 15 is 0 Å². The summed E-state index contributed by atoms with van der Waals surface area (Å²) in [6.07, 6.45) is 5.47. The molecule has 0 heterocycles. The van der Waals surface area contributed by atoms with E-state index in [1.54, 1.807) is 41.3 Å². The number of carbonyl (C=O) groups excluding carboxylic acids is 2. The van der Waals surface area contributed by atoms with Gasteiger partial charge in [0.05, 0.1) is 13.1 Å². The number of nitrogens with one attached hydrogen (secondary N) is 2. The van der Waals surface area contributed by atoms with E-state index in [1.165, 1.54) is 17.7 Å². The molecule has 3 aromatic carbocycles. The number of rotatable bonds is 9. The number of hydrogen-bond donors (Lipinski definition) is 3. The van der Waals surface area contributed by atoms with Gasteiger partial charge in [0, 0.05) is 22.0 Å². The van der Waals surface area contributed by atoms with Crippen LogP contribution >= 0.6 is 11.6 Å². The van der Waals surface area contributed by atoms with Crippen molar-refractivity contribution in [1.82, 2.24) is 5.32 Å². The summed E-state index contributed by atoms with van der Waals surface area (Å²) >= 11 is 6.11. The first kappa shape index (κ1) is 32.7. The number of aliphatic carboxylic acids is 1. The van der Waals surface area contributed by atoms with E-state index < -0.39 is 30.4 Å². The highest BCUT2D eigenvalue weighted by atomic mass is 35.5. The number of amides is 3. The van der Waals surface area contributed by atoms with Crippen molar-refractivity contribution in [2.45, 2.75) is 52.5 Å². The van der Waals surface area contributed by atoms with Crippen LogP contribution in [0.4, 0.5) is 25.0 Å². The lowest BCUT2D eigenvalue weighted by Gasteiger charge is -2.33. The number of anilines is 2. The van der Waals surface area contributed by atoms with E-state index in [0.29, 0.717) is 27.9 Å². The van der Waals surface area contributed by atoms with Crippen molar-refractivity contribution in [3.63, 3.8) is 0 Å². The molecule has 0 aliphatic heterocycles. The van der Waals surface area contributed by atoms with Crippen molar-refractivity contribution in [1.29, 1.82) is 0 Å². The van der Waals surface area contributed by atoms with Crippen LogP contribution in [-0.2, 0) is 11.3 Å². The number of nitrogens with zero attached hydrogens (tertiary/aromatic N) is 1. The van der Waals surface area contributed by atoms with Crippen LogP contribution in [0.5, 0.6) is 0 Å². The first-order valence-corrected chi connectivity index (χ1v) is 14.7. The average Bonchev–Trinajstić information content (AvgIpc) is 2.98. The van der Waals surface area contributed by atoms with Gasteiger partial charge >= 0.3 is 17.9 Å². The second-order valence-corrected chi connectivity index (χ2v) is 12.5. The molecule has 10 heteroatoms. The van der Waals surface area contributed by atoms with E-state index in [2.05, 4.69) is 32.2 Å². The predicted molar refractivity (Wildman–Crippen MR) is 169 cm³/mol. The summed E-state index contributed by atoms with van der Waals surface area (Å²) in [7, 11) is 0. The first-order chi connectivity index (χ1) is 20.7. The van der Waals surface area contributed by atoms with Gasteiger partial charge in [-0.25, -0.2) is 9.59 Å². The number of allylic oxidation sites excluding steroid dienone is 2. The van der Waals surface area contributed by atoms with Gasteiger partial charge < -0.3 is 15.7 Å². The second-order valence-electron chi connectivity index (χ2n) is 12.0. The molecule has 0 spiro atoms. The van der Waals surface area contributed by atoms with Crippen molar-refractivity contribution < 1.29 is 28.3 Å². The highest BCUT2D eigenvalue weighted by molar-refractivity contribution is 6.30. The van der Waals surface area contributed by atoms with Crippen LogP contribution in [0.3, 0.4) is 0 Å². The maximum absolute atomic E-state index is 13.5. The first-order valence-electron chi connectivity index (χ1n) is 14.3. The molecule has 44 heavy (non-hydrogen) atoms. The molecule has 3 aromatic rings. The molecule has 0 radical (unpaired) electrons. The monoisotopic (exact) mass is 623 g/mol. The van der Waals surface area contributed by atoms with Gasteiger partial charge in [-0.05, 0) is 89.8 Å². The predicted octanol–water partition coefficient (Wildman–Crippen LogP) is 8.26. The molecule has 1 aliphatic carbocycles. The molecule has 0 bridgehead atoms. The standard InChI is InChI=1S/C34H36ClF2N3O4/c1-33(2,3)26-15-11-23(12-16-26)24-13-17-29(18-14-24)40(32(44)39-28-6-4-5-27(35)19-28)20-22-7-9-25(10-8-22)30(41)38-21-34(36,37)31(42)43/h4-11,13-14,17-19,26H,12,15-16,20-21H2,1-3H3,(H,38,41)(H,39,44)(H,42,43). The molecule has 1 atom stereocenters. The summed E-state index contributed by atoms with van der Waals surface area (Å²) in [4.78, 5) is 38.0. The molecular formula is C34H36ClF2N3O4. The van der Waals surface area contributed by atoms with E-state index in [1.807, 2.05) is 29.6 Å². The number of urea groups is 1. The Morgan fingerprint density at radius 3 is 2.25 bits per heavy atom. The lowest BCUT2D eigenvalue weighted by Crippen LogP contribution is -2.42. The quantitative estimate of drug-likeness (QED) is 0.223. The number of halogens is 3. The van der Waals surface area contributed by atoms with Gasteiger partial charge in [0.1, 0.15) is 0 Å². The molecule has 0 saturated carbocycles. The van der Waals surface area contributed by atoms with Crippen molar-refractivity contribution in [2.24, 2.45) is 11.3 Å². The zero-order chi connectivity index (χ0) is 32.1. The Hall–Kier alpha value is -4.24. The fraction of sp³-hybridized carbons (Fsp3) is 0.324. The lowest BCUT2D eigenvalue weighted by atomic mass is 9.72. The Labute approximate surface area is 260 Å². The summed E-state index contributed by atoms with van der Waals surface area (Å²) in [6, 6.07) is 20.3. The molecular weight excluding hydrogens is 588 g/mol. The van der Waals surface area contributed by atoms with Gasteiger partial charge in [-0.1, -0.05) is 68.8 Å². The maximum atomic E-state index is 13.5. The zero-order valence-electron chi connectivity index (χ0n) is 24.9. The van der Waals surface area contributed by atoms with Gasteiger partial charge in [-0.3, -0.25) is 9.69 Å². The van der Waals surface area contributed by atoms with Gasteiger partial charge in [0.15, 0.2) is 0 Å². The van der Waals surface area contributed by atoms with Gasteiger partial charge in [-0.2, -0.15) is 8.78 Å². The normalized spacial score (nSPS) is 15.2. The minimum atomic E-state index is -4.08. The van der Waals surface area contributed by atoms with Crippen LogP contribution < -0.4 is 15.5 Å². The van der Waals surface area contributed by atoms with E-state index in [4.69, 9.17) is 16.7 Å². The Bertz CT molecular complexity index is 1530. The van der Waals surface area contributed by atoms with E-state index in [0.717, 1.165) is 24.8 Å².